The van der Waals surface area contributed by atoms with Crippen LogP contribution in [-0.2, 0) is 22.2 Å². The van der Waals surface area contributed by atoms with E-state index < -0.39 is 10.0 Å². The van der Waals surface area contributed by atoms with Gasteiger partial charge in [0.05, 0.1) is 5.75 Å². The molecule has 0 atom stereocenters. The Morgan fingerprint density at radius 3 is 2.38 bits per heavy atom. The van der Waals surface area contributed by atoms with Crippen molar-refractivity contribution in [2.24, 2.45) is 0 Å². The van der Waals surface area contributed by atoms with Gasteiger partial charge in [-0.1, -0.05) is 61.5 Å². The van der Waals surface area contributed by atoms with Crippen molar-refractivity contribution in [3.8, 4) is 0 Å². The molecule has 0 bridgehead atoms. The molecule has 0 unspecified atom stereocenters. The Bertz CT molecular complexity index is 1110. The Labute approximate surface area is 171 Å². The van der Waals surface area contributed by atoms with Crippen LogP contribution < -0.4 is 10.0 Å². The normalized spacial score (nSPS) is 11.1. The maximum absolute atomic E-state index is 12.8. The summed E-state index contributed by atoms with van der Waals surface area (Å²) < 4.78 is 27.5. The summed E-state index contributed by atoms with van der Waals surface area (Å²) in [6.07, 6.45) is 0.802. The van der Waals surface area contributed by atoms with E-state index in [1.165, 1.54) is 0 Å². The summed E-state index contributed by atoms with van der Waals surface area (Å²) in [7, 11) is -3.59. The van der Waals surface area contributed by atoms with Gasteiger partial charge >= 0.3 is 0 Å². The van der Waals surface area contributed by atoms with Crippen LogP contribution in [-0.4, -0.2) is 14.3 Å². The minimum absolute atomic E-state index is 0.132. The molecule has 0 fully saturated rings. The lowest BCUT2D eigenvalue weighted by atomic mass is 10.1. The lowest BCUT2D eigenvalue weighted by Gasteiger charge is -2.14. The van der Waals surface area contributed by atoms with Gasteiger partial charge in [-0.25, -0.2) is 8.42 Å². The van der Waals surface area contributed by atoms with Crippen molar-refractivity contribution in [3.05, 3.63) is 95.1 Å². The summed E-state index contributed by atoms with van der Waals surface area (Å²) in [5, 5.41) is 2.96. The number of benzene rings is 3. The highest BCUT2D eigenvalue weighted by Gasteiger charge is 2.14. The molecule has 0 saturated carbocycles. The number of amides is 1. The summed E-state index contributed by atoms with van der Waals surface area (Å²) in [5.41, 5.74) is 4.27. The Balaban J connectivity index is 1.76. The third-order valence-electron chi connectivity index (χ3n) is 4.58. The molecule has 0 aliphatic rings. The van der Waals surface area contributed by atoms with Crippen molar-refractivity contribution in [2.75, 3.05) is 10.0 Å². The molecule has 0 aliphatic carbocycles. The first-order valence-electron chi connectivity index (χ1n) is 9.42. The molecule has 1 amide bonds. The number of nitrogens with one attached hydrogen (secondary N) is 2. The summed E-state index contributed by atoms with van der Waals surface area (Å²) in [5.74, 6) is -0.411. The van der Waals surface area contributed by atoms with Gasteiger partial charge in [0.1, 0.15) is 0 Å². The van der Waals surface area contributed by atoms with E-state index >= 15 is 0 Å². The van der Waals surface area contributed by atoms with Crippen LogP contribution in [0, 0.1) is 6.92 Å². The largest absolute Gasteiger partial charge is 0.321 e. The van der Waals surface area contributed by atoms with Crippen molar-refractivity contribution >= 4 is 27.3 Å². The number of carbonyl (C=O) groups excluding carboxylic acids is 1. The first-order chi connectivity index (χ1) is 13.9. The van der Waals surface area contributed by atoms with Crippen LogP contribution in [0.3, 0.4) is 0 Å². The van der Waals surface area contributed by atoms with E-state index in [0.717, 1.165) is 23.2 Å². The van der Waals surface area contributed by atoms with Crippen molar-refractivity contribution in [2.45, 2.75) is 26.0 Å². The fourth-order valence-corrected chi connectivity index (χ4v) is 4.31. The van der Waals surface area contributed by atoms with Gasteiger partial charge in [0.2, 0.25) is 10.0 Å². The van der Waals surface area contributed by atoms with Gasteiger partial charge in [-0.2, -0.15) is 0 Å². The van der Waals surface area contributed by atoms with Crippen LogP contribution >= 0.6 is 0 Å². The standard InChI is InChI=1S/C23H24N2O3S/c1-3-19-12-7-9-17(2)22(19)24-23(26)20-13-8-14-21(15-20)25-29(27,28)16-18-10-5-4-6-11-18/h4-15,25H,3,16H2,1-2H3,(H,24,26). The van der Waals surface area contributed by atoms with Crippen LogP contribution in [0.4, 0.5) is 11.4 Å². The second-order valence-electron chi connectivity index (χ2n) is 6.84. The Morgan fingerprint density at radius 2 is 1.66 bits per heavy atom. The third-order valence-corrected chi connectivity index (χ3v) is 5.84. The monoisotopic (exact) mass is 408 g/mol. The molecule has 5 nitrogen and oxygen atoms in total. The first-order valence-corrected chi connectivity index (χ1v) is 11.1. The van der Waals surface area contributed by atoms with Crippen molar-refractivity contribution in [3.63, 3.8) is 0 Å². The number of rotatable bonds is 7. The number of hydrogen-bond donors (Lipinski definition) is 2. The second-order valence-corrected chi connectivity index (χ2v) is 8.57. The fraction of sp³-hybridized carbons (Fsp3) is 0.174. The highest BCUT2D eigenvalue weighted by atomic mass is 32.2. The molecule has 29 heavy (non-hydrogen) atoms. The van der Waals surface area contributed by atoms with Gasteiger partial charge in [-0.3, -0.25) is 9.52 Å². The first kappa shape index (κ1) is 20.6. The Kier molecular flexibility index (Phi) is 6.34. The molecule has 0 radical (unpaired) electrons. The molecule has 0 spiro atoms. The average molecular weight is 409 g/mol. The quantitative estimate of drug-likeness (QED) is 0.592. The zero-order valence-electron chi connectivity index (χ0n) is 16.5. The zero-order valence-corrected chi connectivity index (χ0v) is 17.3. The Morgan fingerprint density at radius 1 is 0.931 bits per heavy atom. The van der Waals surface area contributed by atoms with Crippen LogP contribution in [0.15, 0.2) is 72.8 Å². The SMILES string of the molecule is CCc1cccc(C)c1NC(=O)c1cccc(NS(=O)(=O)Cc2ccccc2)c1. The van der Waals surface area contributed by atoms with Crippen LogP contribution in [0.2, 0.25) is 0 Å². The molecule has 0 saturated heterocycles. The van der Waals surface area contributed by atoms with Crippen LogP contribution in [0.25, 0.3) is 0 Å². The van der Waals surface area contributed by atoms with E-state index in [2.05, 4.69) is 10.0 Å². The molecule has 0 heterocycles. The van der Waals surface area contributed by atoms with Gasteiger partial charge in [0.25, 0.3) is 5.91 Å². The summed E-state index contributed by atoms with van der Waals surface area (Å²) in [4.78, 5) is 12.8. The van der Waals surface area contributed by atoms with E-state index in [0.29, 0.717) is 16.8 Å². The molecule has 0 aromatic heterocycles. The highest BCUT2D eigenvalue weighted by molar-refractivity contribution is 7.91. The number of hydrogen-bond acceptors (Lipinski definition) is 3. The number of anilines is 2. The lowest BCUT2D eigenvalue weighted by Crippen LogP contribution is -2.17. The van der Waals surface area contributed by atoms with Gasteiger partial charge in [-0.05, 0) is 48.2 Å². The molecule has 3 aromatic rings. The minimum Gasteiger partial charge on any atom is -0.321 e. The predicted octanol–water partition coefficient (Wildman–Crippen LogP) is 4.75. The van der Waals surface area contributed by atoms with E-state index in [1.54, 1.807) is 48.5 Å². The molecule has 2 N–H and O–H groups in total. The second kappa shape index (κ2) is 8.92. The molecular formula is C23H24N2O3S. The fourth-order valence-electron chi connectivity index (χ4n) is 3.12. The predicted molar refractivity (Wildman–Crippen MR) is 118 cm³/mol. The molecule has 0 aliphatic heterocycles. The number of para-hydroxylation sites is 1. The molecule has 150 valence electrons. The maximum Gasteiger partial charge on any atom is 0.255 e. The van der Waals surface area contributed by atoms with E-state index in [-0.39, 0.29) is 11.7 Å². The minimum atomic E-state index is -3.59. The van der Waals surface area contributed by atoms with Gasteiger partial charge in [-0.15, -0.1) is 0 Å². The number of sulfonamides is 1. The third kappa shape index (κ3) is 5.45. The zero-order chi connectivity index (χ0) is 20.9. The van der Waals surface area contributed by atoms with Gasteiger partial charge in [0, 0.05) is 16.9 Å². The molecule has 3 aromatic carbocycles. The summed E-state index contributed by atoms with van der Waals surface area (Å²) >= 11 is 0. The van der Waals surface area contributed by atoms with E-state index in [4.69, 9.17) is 0 Å². The van der Waals surface area contributed by atoms with Gasteiger partial charge < -0.3 is 5.32 Å². The number of aryl methyl sites for hydroxylation is 2. The highest BCUT2D eigenvalue weighted by Crippen LogP contribution is 2.23. The molecule has 3 rings (SSSR count). The van der Waals surface area contributed by atoms with Crippen LogP contribution in [0.5, 0.6) is 0 Å². The van der Waals surface area contributed by atoms with E-state index in [1.807, 2.05) is 38.1 Å². The molecular weight excluding hydrogens is 384 g/mol. The smallest absolute Gasteiger partial charge is 0.255 e. The lowest BCUT2D eigenvalue weighted by molar-refractivity contribution is 0.102. The van der Waals surface area contributed by atoms with Crippen molar-refractivity contribution < 1.29 is 13.2 Å². The van der Waals surface area contributed by atoms with Crippen molar-refractivity contribution in [1.82, 2.24) is 0 Å². The topological polar surface area (TPSA) is 75.3 Å². The maximum atomic E-state index is 12.8. The van der Waals surface area contributed by atoms with Gasteiger partial charge in [0.15, 0.2) is 0 Å². The summed E-state index contributed by atoms with van der Waals surface area (Å²) in [6, 6.07) is 21.3. The van der Waals surface area contributed by atoms with E-state index in [9.17, 15) is 13.2 Å². The Hall–Kier alpha value is -3.12. The van der Waals surface area contributed by atoms with Crippen molar-refractivity contribution in [1.29, 1.82) is 0 Å². The molecule has 6 heteroatoms. The summed E-state index contributed by atoms with van der Waals surface area (Å²) in [6.45, 7) is 3.98. The number of carbonyl (C=O) groups is 1. The van der Waals surface area contributed by atoms with Crippen LogP contribution in [0.1, 0.15) is 34.0 Å². The average Bonchev–Trinajstić information content (AvgIpc) is 2.69.